The lowest BCUT2D eigenvalue weighted by Gasteiger charge is -2.15. The highest BCUT2D eigenvalue weighted by Gasteiger charge is 2.04. The zero-order valence-electron chi connectivity index (χ0n) is 10.2. The number of ether oxygens (including phenoxy) is 1. The molecule has 16 heavy (non-hydrogen) atoms. The van der Waals surface area contributed by atoms with E-state index in [2.05, 4.69) is 41.2 Å². The van der Waals surface area contributed by atoms with E-state index in [1.807, 2.05) is 12.1 Å². The van der Waals surface area contributed by atoms with Crippen molar-refractivity contribution < 1.29 is 4.74 Å². The van der Waals surface area contributed by atoms with Crippen LogP contribution in [0.4, 0.5) is 5.69 Å². The van der Waals surface area contributed by atoms with E-state index in [1.165, 1.54) is 12.8 Å². The number of nitrogens with one attached hydrogen (secondary N) is 1. The Balaban J connectivity index is 2.60. The van der Waals surface area contributed by atoms with Crippen LogP contribution < -0.4 is 10.1 Å². The summed E-state index contributed by atoms with van der Waals surface area (Å²) in [5.74, 6) is 1.61. The second-order valence-corrected chi connectivity index (χ2v) is 4.77. The second kappa shape index (κ2) is 6.79. The quantitative estimate of drug-likeness (QED) is 0.841. The molecule has 0 fully saturated rings. The third-order valence-corrected chi connectivity index (χ3v) is 3.56. The molecule has 0 aliphatic heterocycles. The lowest BCUT2D eigenvalue weighted by molar-refractivity contribution is 0.412. The normalized spacial score (nSPS) is 10.6. The van der Waals surface area contributed by atoms with Gasteiger partial charge in [-0.3, -0.25) is 0 Å². The molecule has 3 heteroatoms. The van der Waals surface area contributed by atoms with Gasteiger partial charge in [-0.25, -0.2) is 0 Å². The van der Waals surface area contributed by atoms with Gasteiger partial charge in [-0.05, 0) is 34.0 Å². The van der Waals surface area contributed by atoms with Crippen molar-refractivity contribution in [2.45, 2.75) is 26.7 Å². The fraction of sp³-hybridized carbons (Fsp3) is 0.538. The van der Waals surface area contributed by atoms with Crippen LogP contribution >= 0.6 is 15.9 Å². The maximum Gasteiger partial charge on any atom is 0.135 e. The average molecular weight is 286 g/mol. The Morgan fingerprint density at radius 2 is 2.00 bits per heavy atom. The summed E-state index contributed by atoms with van der Waals surface area (Å²) in [5.41, 5.74) is 1.12. The first-order valence-electron chi connectivity index (χ1n) is 5.78. The molecule has 0 atom stereocenters. The summed E-state index contributed by atoms with van der Waals surface area (Å²) in [7, 11) is 1.69. The molecule has 1 aromatic carbocycles. The standard InChI is InChI=1S/C13H20BrNO/c1-4-10(5-2)9-15-11-6-7-12(14)13(8-11)16-3/h6-8,10,15H,4-5,9H2,1-3H3. The average Bonchev–Trinajstić information content (AvgIpc) is 2.32. The van der Waals surface area contributed by atoms with Gasteiger partial charge in [0.15, 0.2) is 0 Å². The number of rotatable bonds is 6. The molecule has 0 saturated heterocycles. The summed E-state index contributed by atoms with van der Waals surface area (Å²) in [6.07, 6.45) is 2.44. The Hall–Kier alpha value is -0.700. The number of hydrogen-bond acceptors (Lipinski definition) is 2. The van der Waals surface area contributed by atoms with Crippen LogP contribution in [0, 0.1) is 5.92 Å². The maximum atomic E-state index is 5.26. The largest absolute Gasteiger partial charge is 0.495 e. The Bertz CT molecular complexity index is 324. The Kier molecular flexibility index (Phi) is 5.67. The van der Waals surface area contributed by atoms with E-state index in [0.29, 0.717) is 0 Å². The molecular weight excluding hydrogens is 266 g/mol. The smallest absolute Gasteiger partial charge is 0.135 e. The molecule has 1 N–H and O–H groups in total. The maximum absolute atomic E-state index is 5.26. The molecule has 2 nitrogen and oxygen atoms in total. The second-order valence-electron chi connectivity index (χ2n) is 3.91. The van der Waals surface area contributed by atoms with Crippen LogP contribution in [0.2, 0.25) is 0 Å². The lowest BCUT2D eigenvalue weighted by Crippen LogP contribution is -2.12. The van der Waals surface area contributed by atoms with Crippen LogP contribution in [0.15, 0.2) is 22.7 Å². The van der Waals surface area contributed by atoms with Gasteiger partial charge in [0.05, 0.1) is 11.6 Å². The Morgan fingerprint density at radius 1 is 1.31 bits per heavy atom. The highest BCUT2D eigenvalue weighted by molar-refractivity contribution is 9.10. The van der Waals surface area contributed by atoms with E-state index in [4.69, 9.17) is 4.74 Å². The first kappa shape index (κ1) is 13.4. The van der Waals surface area contributed by atoms with E-state index >= 15 is 0 Å². The first-order chi connectivity index (χ1) is 7.71. The van der Waals surface area contributed by atoms with Crippen LogP contribution in [0.25, 0.3) is 0 Å². The molecule has 0 bridgehead atoms. The van der Waals surface area contributed by atoms with E-state index in [0.717, 1.165) is 28.4 Å². The van der Waals surface area contributed by atoms with E-state index in [1.54, 1.807) is 7.11 Å². The first-order valence-corrected chi connectivity index (χ1v) is 6.57. The zero-order chi connectivity index (χ0) is 12.0. The summed E-state index contributed by atoms with van der Waals surface area (Å²) in [6.45, 7) is 5.49. The predicted molar refractivity (Wildman–Crippen MR) is 73.3 cm³/mol. The van der Waals surface area contributed by atoms with Crippen molar-refractivity contribution in [2.75, 3.05) is 19.0 Å². The molecule has 1 aromatic rings. The summed E-state index contributed by atoms with van der Waals surface area (Å²) < 4.78 is 6.25. The van der Waals surface area contributed by atoms with E-state index < -0.39 is 0 Å². The molecule has 0 aliphatic rings. The molecule has 0 aliphatic carbocycles. The molecule has 0 heterocycles. The van der Waals surface area contributed by atoms with Gasteiger partial charge in [-0.15, -0.1) is 0 Å². The highest BCUT2D eigenvalue weighted by Crippen LogP contribution is 2.28. The fourth-order valence-corrected chi connectivity index (χ4v) is 2.02. The Morgan fingerprint density at radius 3 is 2.56 bits per heavy atom. The van der Waals surface area contributed by atoms with Crippen LogP contribution in [0.3, 0.4) is 0 Å². The van der Waals surface area contributed by atoms with Crippen molar-refractivity contribution in [3.05, 3.63) is 22.7 Å². The fourth-order valence-electron chi connectivity index (χ4n) is 1.61. The number of hydrogen-bond donors (Lipinski definition) is 1. The summed E-state index contributed by atoms with van der Waals surface area (Å²) in [6, 6.07) is 6.09. The number of anilines is 1. The predicted octanol–water partition coefficient (Wildman–Crippen LogP) is 4.31. The van der Waals surface area contributed by atoms with Gasteiger partial charge < -0.3 is 10.1 Å². The van der Waals surface area contributed by atoms with Crippen LogP contribution in [-0.4, -0.2) is 13.7 Å². The van der Waals surface area contributed by atoms with Gasteiger partial charge in [0.1, 0.15) is 5.75 Å². The SMILES string of the molecule is CCC(CC)CNc1ccc(Br)c(OC)c1. The molecule has 0 spiro atoms. The summed E-state index contributed by atoms with van der Waals surface area (Å²) in [4.78, 5) is 0. The summed E-state index contributed by atoms with van der Waals surface area (Å²) >= 11 is 3.45. The van der Waals surface area contributed by atoms with Crippen molar-refractivity contribution in [1.82, 2.24) is 0 Å². The molecule has 0 saturated carbocycles. The van der Waals surface area contributed by atoms with E-state index in [-0.39, 0.29) is 0 Å². The van der Waals surface area contributed by atoms with Gasteiger partial charge in [0.25, 0.3) is 0 Å². The van der Waals surface area contributed by atoms with E-state index in [9.17, 15) is 0 Å². The molecule has 1 rings (SSSR count). The third-order valence-electron chi connectivity index (χ3n) is 2.90. The van der Waals surface area contributed by atoms with Gasteiger partial charge in [-0.2, -0.15) is 0 Å². The minimum atomic E-state index is 0.745. The third kappa shape index (κ3) is 3.71. The highest BCUT2D eigenvalue weighted by atomic mass is 79.9. The van der Waals surface area contributed by atoms with Crippen molar-refractivity contribution in [2.24, 2.45) is 5.92 Å². The van der Waals surface area contributed by atoms with Crippen LogP contribution in [-0.2, 0) is 0 Å². The van der Waals surface area contributed by atoms with Crippen molar-refractivity contribution in [1.29, 1.82) is 0 Å². The minimum Gasteiger partial charge on any atom is -0.495 e. The molecule has 0 unspecified atom stereocenters. The molecular formula is C13H20BrNO. The number of halogens is 1. The topological polar surface area (TPSA) is 21.3 Å². The summed E-state index contributed by atoms with van der Waals surface area (Å²) in [5, 5.41) is 3.45. The monoisotopic (exact) mass is 285 g/mol. The Labute approximate surface area is 107 Å². The van der Waals surface area contributed by atoms with Gasteiger partial charge in [0, 0.05) is 18.3 Å². The molecule has 0 amide bonds. The zero-order valence-corrected chi connectivity index (χ0v) is 11.8. The molecule has 90 valence electrons. The molecule has 0 radical (unpaired) electrons. The van der Waals surface area contributed by atoms with Gasteiger partial charge in [-0.1, -0.05) is 26.7 Å². The van der Waals surface area contributed by atoms with Crippen LogP contribution in [0.5, 0.6) is 5.75 Å². The van der Waals surface area contributed by atoms with Crippen molar-refractivity contribution in [3.8, 4) is 5.75 Å². The van der Waals surface area contributed by atoms with Crippen LogP contribution in [0.1, 0.15) is 26.7 Å². The number of benzene rings is 1. The van der Waals surface area contributed by atoms with Gasteiger partial charge >= 0.3 is 0 Å². The van der Waals surface area contributed by atoms with Crippen molar-refractivity contribution >= 4 is 21.6 Å². The van der Waals surface area contributed by atoms with Crippen molar-refractivity contribution in [3.63, 3.8) is 0 Å². The molecule has 0 aromatic heterocycles. The number of methoxy groups -OCH3 is 1. The lowest BCUT2D eigenvalue weighted by atomic mass is 10.0. The minimum absolute atomic E-state index is 0.745. The van der Waals surface area contributed by atoms with Gasteiger partial charge in [0.2, 0.25) is 0 Å².